The van der Waals surface area contributed by atoms with E-state index < -0.39 is 0 Å². The Morgan fingerprint density at radius 3 is 2.67 bits per heavy atom. The van der Waals surface area contributed by atoms with E-state index in [1.54, 1.807) is 4.57 Å². The van der Waals surface area contributed by atoms with Crippen LogP contribution in [0.5, 0.6) is 0 Å². The number of hydrogen-bond acceptors (Lipinski definition) is 7. The molecule has 0 bridgehead atoms. The van der Waals surface area contributed by atoms with Crippen molar-refractivity contribution in [2.45, 2.75) is 58.2 Å². The maximum atomic E-state index is 12.5. The summed E-state index contributed by atoms with van der Waals surface area (Å²) >= 11 is 6.43. The van der Waals surface area contributed by atoms with Crippen molar-refractivity contribution in [3.63, 3.8) is 0 Å². The molecule has 0 atom stereocenters. The molecule has 2 heterocycles. The molecule has 8 nitrogen and oxygen atoms in total. The van der Waals surface area contributed by atoms with E-state index in [1.165, 1.54) is 0 Å². The van der Waals surface area contributed by atoms with Crippen molar-refractivity contribution in [2.24, 2.45) is 11.5 Å². The first-order valence-corrected chi connectivity index (χ1v) is 12.4. The molecule has 0 unspecified atom stereocenters. The minimum Gasteiger partial charge on any atom is -0.340 e. The third-order valence-electron chi connectivity index (χ3n) is 6.18. The van der Waals surface area contributed by atoms with Crippen LogP contribution in [0.15, 0.2) is 29.2 Å². The molecule has 2 aromatic rings. The van der Waals surface area contributed by atoms with E-state index in [0.717, 1.165) is 75.1 Å². The van der Waals surface area contributed by atoms with Crippen LogP contribution in [0.25, 0.3) is 0 Å². The van der Waals surface area contributed by atoms with Gasteiger partial charge in [0.15, 0.2) is 0 Å². The van der Waals surface area contributed by atoms with Gasteiger partial charge in [-0.2, -0.15) is 4.98 Å². The number of likely N-dealkylation sites (tertiary alicyclic amines) is 1. The Balaban J connectivity index is 1.53. The van der Waals surface area contributed by atoms with Crippen LogP contribution >= 0.6 is 11.6 Å². The van der Waals surface area contributed by atoms with Crippen LogP contribution in [0, 0.1) is 6.92 Å². The van der Waals surface area contributed by atoms with Gasteiger partial charge in [0.2, 0.25) is 0 Å². The van der Waals surface area contributed by atoms with Gasteiger partial charge in [-0.25, -0.2) is 4.79 Å². The quantitative estimate of drug-likeness (QED) is 0.349. The van der Waals surface area contributed by atoms with Crippen molar-refractivity contribution >= 4 is 23.1 Å². The summed E-state index contributed by atoms with van der Waals surface area (Å²) in [5.41, 5.74) is 14.1. The molecule has 3 rings (SSSR count). The Morgan fingerprint density at radius 1 is 1.18 bits per heavy atom. The van der Waals surface area contributed by atoms with Gasteiger partial charge >= 0.3 is 5.69 Å². The van der Waals surface area contributed by atoms with Crippen LogP contribution in [0.3, 0.4) is 0 Å². The van der Waals surface area contributed by atoms with Crippen LogP contribution in [-0.2, 0) is 13.1 Å². The molecule has 33 heavy (non-hydrogen) atoms. The average Bonchev–Trinajstić information content (AvgIpc) is 2.80. The first kappa shape index (κ1) is 25.6. The van der Waals surface area contributed by atoms with Gasteiger partial charge < -0.3 is 27.0 Å². The lowest BCUT2D eigenvalue weighted by molar-refractivity contribution is 0.208. The number of aromatic nitrogens is 2. The second-order valence-electron chi connectivity index (χ2n) is 8.87. The second-order valence-corrected chi connectivity index (χ2v) is 9.28. The Morgan fingerprint density at radius 2 is 1.94 bits per heavy atom. The Bertz CT molecular complexity index is 941. The molecule has 1 aliphatic rings. The zero-order chi connectivity index (χ0) is 23.6. The first-order valence-electron chi connectivity index (χ1n) is 12.0. The molecule has 0 amide bonds. The summed E-state index contributed by atoms with van der Waals surface area (Å²) in [4.78, 5) is 19.2. The van der Waals surface area contributed by atoms with Crippen molar-refractivity contribution in [3.8, 4) is 0 Å². The number of nitrogens with zero attached hydrogens (tertiary/aromatic N) is 3. The SMILES string of the molecule is Cc1c(Cl)cc(CNCCCN)cc1Nc1ccn(CCCCN2CCC(N)CC2)c(=O)n1. The predicted molar refractivity (Wildman–Crippen MR) is 136 cm³/mol. The number of benzene rings is 1. The normalized spacial score (nSPS) is 15.2. The smallest absolute Gasteiger partial charge is 0.340 e. The lowest BCUT2D eigenvalue weighted by Gasteiger charge is -2.29. The maximum absolute atomic E-state index is 12.5. The molecule has 1 aliphatic heterocycles. The first-order chi connectivity index (χ1) is 16.0. The van der Waals surface area contributed by atoms with E-state index in [0.29, 0.717) is 36.5 Å². The van der Waals surface area contributed by atoms with E-state index >= 15 is 0 Å². The zero-order valence-corrected chi connectivity index (χ0v) is 20.4. The van der Waals surface area contributed by atoms with Gasteiger partial charge in [-0.05, 0) is 101 Å². The van der Waals surface area contributed by atoms with E-state index in [9.17, 15) is 4.79 Å². The number of unbranched alkanes of at least 4 members (excludes halogenated alkanes) is 1. The minimum absolute atomic E-state index is 0.243. The molecule has 0 saturated carbocycles. The van der Waals surface area contributed by atoms with Crippen LogP contribution in [0.2, 0.25) is 5.02 Å². The van der Waals surface area contributed by atoms with Crippen LogP contribution in [-0.4, -0.2) is 53.2 Å². The Labute approximate surface area is 201 Å². The van der Waals surface area contributed by atoms with E-state index in [-0.39, 0.29) is 5.69 Å². The topological polar surface area (TPSA) is 114 Å². The predicted octanol–water partition coefficient (Wildman–Crippen LogP) is 2.59. The highest BCUT2D eigenvalue weighted by atomic mass is 35.5. The van der Waals surface area contributed by atoms with Crippen molar-refractivity contribution < 1.29 is 0 Å². The molecule has 1 saturated heterocycles. The molecule has 6 N–H and O–H groups in total. The monoisotopic (exact) mass is 475 g/mol. The van der Waals surface area contributed by atoms with Crippen LogP contribution in [0.4, 0.5) is 11.5 Å². The summed E-state index contributed by atoms with van der Waals surface area (Å²) in [6, 6.07) is 6.20. The van der Waals surface area contributed by atoms with Crippen LogP contribution < -0.4 is 27.8 Å². The van der Waals surface area contributed by atoms with Gasteiger partial charge in [-0.3, -0.25) is 4.57 Å². The highest BCUT2D eigenvalue weighted by Crippen LogP contribution is 2.27. The highest BCUT2D eigenvalue weighted by molar-refractivity contribution is 6.31. The number of aryl methyl sites for hydroxylation is 1. The summed E-state index contributed by atoms with van der Waals surface area (Å²) in [7, 11) is 0. The molecule has 9 heteroatoms. The lowest BCUT2D eigenvalue weighted by atomic mass is 10.1. The fourth-order valence-electron chi connectivity index (χ4n) is 4.03. The number of nitrogens with one attached hydrogen (secondary N) is 2. The van der Waals surface area contributed by atoms with Crippen molar-refractivity contribution in [1.82, 2.24) is 19.8 Å². The molecule has 1 aromatic heterocycles. The minimum atomic E-state index is -0.243. The number of hydrogen-bond donors (Lipinski definition) is 4. The van der Waals surface area contributed by atoms with Crippen molar-refractivity contribution in [1.29, 1.82) is 0 Å². The summed E-state index contributed by atoms with van der Waals surface area (Å²) in [5.74, 6) is 0.522. The van der Waals surface area contributed by atoms with E-state index in [1.807, 2.05) is 31.3 Å². The Kier molecular flexibility index (Phi) is 10.1. The van der Waals surface area contributed by atoms with Gasteiger partial charge in [0.25, 0.3) is 0 Å². The van der Waals surface area contributed by atoms with Gasteiger partial charge in [0, 0.05) is 36.0 Å². The molecule has 0 aliphatic carbocycles. The maximum Gasteiger partial charge on any atom is 0.349 e. The third kappa shape index (κ3) is 8.08. The van der Waals surface area contributed by atoms with Crippen LogP contribution in [0.1, 0.15) is 43.2 Å². The summed E-state index contributed by atoms with van der Waals surface area (Å²) < 4.78 is 1.68. The average molecular weight is 476 g/mol. The number of anilines is 2. The highest BCUT2D eigenvalue weighted by Gasteiger charge is 2.15. The molecular weight excluding hydrogens is 438 g/mol. The number of piperidine rings is 1. The zero-order valence-electron chi connectivity index (χ0n) is 19.7. The largest absolute Gasteiger partial charge is 0.349 e. The summed E-state index contributed by atoms with van der Waals surface area (Å²) in [6.45, 7) is 8.08. The van der Waals surface area contributed by atoms with Crippen molar-refractivity contribution in [2.75, 3.05) is 38.0 Å². The number of halogens is 1. The summed E-state index contributed by atoms with van der Waals surface area (Å²) in [5, 5.41) is 7.30. The number of nitrogens with two attached hydrogens (primary N) is 2. The molecule has 0 spiro atoms. The Hall–Kier alpha value is -1.97. The number of rotatable bonds is 12. The second kappa shape index (κ2) is 13.1. The van der Waals surface area contributed by atoms with Gasteiger partial charge in [0.1, 0.15) is 5.82 Å². The van der Waals surface area contributed by atoms with E-state index in [4.69, 9.17) is 23.1 Å². The third-order valence-corrected chi connectivity index (χ3v) is 6.58. The summed E-state index contributed by atoms with van der Waals surface area (Å²) in [6.07, 6.45) is 6.91. The van der Waals surface area contributed by atoms with E-state index in [2.05, 4.69) is 20.5 Å². The van der Waals surface area contributed by atoms with Gasteiger partial charge in [0.05, 0.1) is 0 Å². The van der Waals surface area contributed by atoms with Crippen molar-refractivity contribution in [3.05, 3.63) is 51.0 Å². The van der Waals surface area contributed by atoms with Gasteiger partial charge in [-0.15, -0.1) is 0 Å². The van der Waals surface area contributed by atoms with Gasteiger partial charge in [-0.1, -0.05) is 11.6 Å². The molecule has 182 valence electrons. The lowest BCUT2D eigenvalue weighted by Crippen LogP contribution is -2.40. The fraction of sp³-hybridized carbons (Fsp3) is 0.583. The fourth-order valence-corrected chi connectivity index (χ4v) is 4.27. The molecule has 0 radical (unpaired) electrons. The molecule has 1 aromatic carbocycles. The standard InChI is InChI=1S/C24H38ClN7O/c1-18-21(25)15-19(17-28-9-4-8-26)16-22(18)29-23-7-14-32(24(33)30-23)11-3-2-10-31-12-5-20(27)6-13-31/h7,14-16,20,28H,2-6,8-13,17,26-27H2,1H3,(H,29,30,33). The molecule has 1 fully saturated rings. The molecular formula is C24H38ClN7O.